The zero-order valence-electron chi connectivity index (χ0n) is 13.2. The summed E-state index contributed by atoms with van der Waals surface area (Å²) in [5, 5.41) is 3.26. The molecule has 1 aromatic heterocycles. The lowest BCUT2D eigenvalue weighted by molar-refractivity contribution is 0.242. The molecule has 0 bridgehead atoms. The minimum absolute atomic E-state index is 0.153. The molecule has 4 heteroatoms. The smallest absolute Gasteiger partial charge is 0.161 e. The Kier molecular flexibility index (Phi) is 5.14. The average Bonchev–Trinajstić information content (AvgIpc) is 2.47. The van der Waals surface area contributed by atoms with Crippen LogP contribution in [0.5, 0.6) is 5.75 Å². The molecule has 0 amide bonds. The lowest BCUT2D eigenvalue weighted by Gasteiger charge is -2.12. The number of aromatic nitrogens is 2. The Labute approximate surface area is 126 Å². The summed E-state index contributed by atoms with van der Waals surface area (Å²) in [5.41, 5.74) is 2.01. The maximum absolute atomic E-state index is 5.74. The molecule has 0 saturated heterocycles. The van der Waals surface area contributed by atoms with Crippen LogP contribution in [0.1, 0.15) is 33.4 Å². The SMILES string of the molecule is CCNc1cc(CC)nc(-c2cccc(OC(C)C)c2)n1. The fraction of sp³-hybridized carbons (Fsp3) is 0.412. The van der Waals surface area contributed by atoms with Crippen molar-refractivity contribution in [3.63, 3.8) is 0 Å². The summed E-state index contributed by atoms with van der Waals surface area (Å²) in [6.07, 6.45) is 1.04. The standard InChI is InChI=1S/C17H23N3O/c1-5-14-11-16(18-6-2)20-17(19-14)13-8-7-9-15(10-13)21-12(3)4/h7-12H,5-6H2,1-4H3,(H,18,19,20). The number of aryl methyl sites for hydroxylation is 1. The Hall–Kier alpha value is -2.10. The van der Waals surface area contributed by atoms with Gasteiger partial charge in [-0.15, -0.1) is 0 Å². The number of nitrogens with one attached hydrogen (secondary N) is 1. The first-order valence-electron chi connectivity index (χ1n) is 7.51. The van der Waals surface area contributed by atoms with Gasteiger partial charge in [0, 0.05) is 23.9 Å². The van der Waals surface area contributed by atoms with E-state index in [1.165, 1.54) is 0 Å². The van der Waals surface area contributed by atoms with Gasteiger partial charge < -0.3 is 10.1 Å². The summed E-state index contributed by atoms with van der Waals surface area (Å²) in [4.78, 5) is 9.20. The molecule has 21 heavy (non-hydrogen) atoms. The van der Waals surface area contributed by atoms with Crippen LogP contribution in [0.3, 0.4) is 0 Å². The topological polar surface area (TPSA) is 47.0 Å². The molecule has 2 rings (SSSR count). The summed E-state index contributed by atoms with van der Waals surface area (Å²) in [6.45, 7) is 9.04. The van der Waals surface area contributed by atoms with Gasteiger partial charge in [-0.05, 0) is 39.3 Å². The van der Waals surface area contributed by atoms with E-state index in [9.17, 15) is 0 Å². The van der Waals surface area contributed by atoms with Crippen molar-refractivity contribution in [2.75, 3.05) is 11.9 Å². The first kappa shape index (κ1) is 15.3. The Balaban J connectivity index is 2.38. The Morgan fingerprint density at radius 1 is 1.14 bits per heavy atom. The third kappa shape index (κ3) is 4.18. The van der Waals surface area contributed by atoms with E-state index >= 15 is 0 Å². The highest BCUT2D eigenvalue weighted by atomic mass is 16.5. The monoisotopic (exact) mass is 285 g/mol. The van der Waals surface area contributed by atoms with Crippen LogP contribution in [0.25, 0.3) is 11.4 Å². The summed E-state index contributed by atoms with van der Waals surface area (Å²) in [5.74, 6) is 2.45. The maximum atomic E-state index is 5.74. The molecule has 1 N–H and O–H groups in total. The van der Waals surface area contributed by atoms with Crippen molar-refractivity contribution in [1.29, 1.82) is 0 Å². The number of anilines is 1. The van der Waals surface area contributed by atoms with Crippen molar-refractivity contribution >= 4 is 5.82 Å². The molecule has 1 heterocycles. The highest BCUT2D eigenvalue weighted by Gasteiger charge is 2.07. The van der Waals surface area contributed by atoms with Crippen LogP contribution in [0.4, 0.5) is 5.82 Å². The van der Waals surface area contributed by atoms with Crippen LogP contribution >= 0.6 is 0 Å². The number of nitrogens with zero attached hydrogens (tertiary/aromatic N) is 2. The second-order valence-corrected chi connectivity index (χ2v) is 5.15. The van der Waals surface area contributed by atoms with Crippen molar-refractivity contribution in [3.8, 4) is 17.1 Å². The van der Waals surface area contributed by atoms with Crippen molar-refractivity contribution in [3.05, 3.63) is 36.0 Å². The summed E-state index contributed by atoms with van der Waals surface area (Å²) in [7, 11) is 0. The first-order chi connectivity index (χ1) is 10.1. The molecule has 0 spiro atoms. The predicted octanol–water partition coefficient (Wildman–Crippen LogP) is 3.93. The zero-order chi connectivity index (χ0) is 15.2. The fourth-order valence-corrected chi connectivity index (χ4v) is 2.06. The van der Waals surface area contributed by atoms with Gasteiger partial charge in [-0.25, -0.2) is 9.97 Å². The van der Waals surface area contributed by atoms with Crippen molar-refractivity contribution < 1.29 is 4.74 Å². The minimum Gasteiger partial charge on any atom is -0.491 e. The summed E-state index contributed by atoms with van der Waals surface area (Å²) >= 11 is 0. The van der Waals surface area contributed by atoms with Crippen LogP contribution in [-0.2, 0) is 6.42 Å². The number of rotatable bonds is 6. The van der Waals surface area contributed by atoms with Crippen molar-refractivity contribution in [2.24, 2.45) is 0 Å². The third-order valence-corrected chi connectivity index (χ3v) is 2.96. The Bertz CT molecular complexity index is 596. The molecule has 0 fully saturated rings. The van der Waals surface area contributed by atoms with E-state index in [1.54, 1.807) is 0 Å². The van der Waals surface area contributed by atoms with Gasteiger partial charge in [-0.2, -0.15) is 0 Å². The maximum Gasteiger partial charge on any atom is 0.161 e. The average molecular weight is 285 g/mol. The van der Waals surface area contributed by atoms with Gasteiger partial charge in [0.15, 0.2) is 5.82 Å². The zero-order valence-corrected chi connectivity index (χ0v) is 13.2. The van der Waals surface area contributed by atoms with E-state index < -0.39 is 0 Å². The minimum atomic E-state index is 0.153. The van der Waals surface area contributed by atoms with Crippen LogP contribution < -0.4 is 10.1 Å². The Morgan fingerprint density at radius 2 is 1.95 bits per heavy atom. The van der Waals surface area contributed by atoms with Crippen LogP contribution in [0.15, 0.2) is 30.3 Å². The largest absolute Gasteiger partial charge is 0.491 e. The first-order valence-corrected chi connectivity index (χ1v) is 7.51. The number of hydrogen-bond donors (Lipinski definition) is 1. The van der Waals surface area contributed by atoms with E-state index in [-0.39, 0.29) is 6.10 Å². The quantitative estimate of drug-likeness (QED) is 0.873. The molecule has 2 aromatic rings. The van der Waals surface area contributed by atoms with Crippen molar-refractivity contribution in [2.45, 2.75) is 40.2 Å². The van der Waals surface area contributed by atoms with Gasteiger partial charge in [0.25, 0.3) is 0 Å². The summed E-state index contributed by atoms with van der Waals surface area (Å²) < 4.78 is 5.74. The molecular weight excluding hydrogens is 262 g/mol. The molecule has 4 nitrogen and oxygen atoms in total. The van der Waals surface area contributed by atoms with E-state index in [1.807, 2.05) is 44.2 Å². The van der Waals surface area contributed by atoms with Crippen LogP contribution in [0.2, 0.25) is 0 Å². The summed E-state index contributed by atoms with van der Waals surface area (Å²) in [6, 6.07) is 9.93. The molecule has 112 valence electrons. The van der Waals surface area contributed by atoms with E-state index in [0.717, 1.165) is 41.6 Å². The molecule has 0 radical (unpaired) electrons. The molecule has 0 aliphatic rings. The molecule has 0 aliphatic carbocycles. The van der Waals surface area contributed by atoms with Gasteiger partial charge >= 0.3 is 0 Å². The van der Waals surface area contributed by atoms with Crippen LogP contribution in [0, 0.1) is 0 Å². The fourth-order valence-electron chi connectivity index (χ4n) is 2.06. The number of benzene rings is 1. The lowest BCUT2D eigenvalue weighted by Crippen LogP contribution is -2.06. The normalized spacial score (nSPS) is 10.7. The highest BCUT2D eigenvalue weighted by Crippen LogP contribution is 2.23. The van der Waals surface area contributed by atoms with Gasteiger partial charge in [0.1, 0.15) is 11.6 Å². The second kappa shape index (κ2) is 7.07. The number of hydrogen-bond acceptors (Lipinski definition) is 4. The highest BCUT2D eigenvalue weighted by molar-refractivity contribution is 5.59. The van der Waals surface area contributed by atoms with Crippen molar-refractivity contribution in [1.82, 2.24) is 9.97 Å². The lowest BCUT2D eigenvalue weighted by atomic mass is 10.2. The molecule has 1 aromatic carbocycles. The van der Waals surface area contributed by atoms with Crippen LogP contribution in [-0.4, -0.2) is 22.6 Å². The van der Waals surface area contributed by atoms with E-state index in [4.69, 9.17) is 4.74 Å². The van der Waals surface area contributed by atoms with Gasteiger partial charge in [-0.3, -0.25) is 0 Å². The molecule has 0 unspecified atom stereocenters. The van der Waals surface area contributed by atoms with E-state index in [2.05, 4.69) is 29.1 Å². The molecule has 0 saturated carbocycles. The Morgan fingerprint density at radius 3 is 2.62 bits per heavy atom. The van der Waals surface area contributed by atoms with E-state index in [0.29, 0.717) is 0 Å². The predicted molar refractivity (Wildman–Crippen MR) is 86.8 cm³/mol. The second-order valence-electron chi connectivity index (χ2n) is 5.15. The van der Waals surface area contributed by atoms with Gasteiger partial charge in [0.2, 0.25) is 0 Å². The molecule has 0 aliphatic heterocycles. The number of ether oxygens (including phenoxy) is 1. The molecular formula is C17H23N3O. The van der Waals surface area contributed by atoms with Gasteiger partial charge in [-0.1, -0.05) is 19.1 Å². The van der Waals surface area contributed by atoms with Gasteiger partial charge in [0.05, 0.1) is 6.10 Å². The molecule has 0 atom stereocenters. The third-order valence-electron chi connectivity index (χ3n) is 2.96.